The van der Waals surface area contributed by atoms with E-state index in [0.717, 1.165) is 5.56 Å². The summed E-state index contributed by atoms with van der Waals surface area (Å²) in [7, 11) is -1.91. The highest BCUT2D eigenvalue weighted by molar-refractivity contribution is 7.88. The van der Waals surface area contributed by atoms with Gasteiger partial charge in [-0.3, -0.25) is 0 Å². The topological polar surface area (TPSA) is 58.6 Å². The molecule has 1 unspecified atom stereocenters. The van der Waals surface area contributed by atoms with Gasteiger partial charge in [0.1, 0.15) is 5.75 Å². The molecular formula is C18H21ClN2O3S. The van der Waals surface area contributed by atoms with Crippen molar-refractivity contribution in [2.45, 2.75) is 11.8 Å². The number of hydrogen-bond donors (Lipinski definition) is 1. The monoisotopic (exact) mass is 380 g/mol. The van der Waals surface area contributed by atoms with E-state index in [1.807, 2.05) is 18.2 Å². The maximum atomic E-state index is 13.0. The largest absolute Gasteiger partial charge is 0.497 e. The minimum absolute atomic E-state index is 0.0543. The molecular weight excluding hydrogens is 360 g/mol. The summed E-state index contributed by atoms with van der Waals surface area (Å²) in [5.74, 6) is 0.598. The molecule has 0 spiro atoms. The summed E-state index contributed by atoms with van der Waals surface area (Å²) in [5.41, 5.74) is 1.61. The van der Waals surface area contributed by atoms with Crippen molar-refractivity contribution in [3.8, 4) is 5.75 Å². The summed E-state index contributed by atoms with van der Waals surface area (Å²) < 4.78 is 32.9. The van der Waals surface area contributed by atoms with Crippen LogP contribution in [0.2, 0.25) is 5.02 Å². The van der Waals surface area contributed by atoms with Crippen LogP contribution in [-0.2, 0) is 15.8 Å². The molecule has 1 heterocycles. The van der Waals surface area contributed by atoms with Gasteiger partial charge in [-0.2, -0.15) is 4.31 Å². The third kappa shape index (κ3) is 4.33. The molecule has 0 aliphatic carbocycles. The Morgan fingerprint density at radius 2 is 2.04 bits per heavy atom. The summed E-state index contributed by atoms with van der Waals surface area (Å²) in [6, 6.07) is 14.3. The smallest absolute Gasteiger partial charge is 0.218 e. The zero-order chi connectivity index (χ0) is 17.9. The summed E-state index contributed by atoms with van der Waals surface area (Å²) in [6.45, 7) is 1.63. The van der Waals surface area contributed by atoms with Gasteiger partial charge in [-0.15, -0.1) is 0 Å². The van der Waals surface area contributed by atoms with Crippen molar-refractivity contribution >= 4 is 21.6 Å². The first-order valence-electron chi connectivity index (χ1n) is 8.08. The lowest BCUT2D eigenvalue weighted by Crippen LogP contribution is -2.48. The number of ether oxygens (including phenoxy) is 1. The first kappa shape index (κ1) is 18.2. The zero-order valence-electron chi connectivity index (χ0n) is 14.0. The van der Waals surface area contributed by atoms with E-state index in [1.54, 1.807) is 41.7 Å². The molecule has 25 heavy (non-hydrogen) atoms. The number of benzene rings is 2. The third-order valence-corrected chi connectivity index (χ3v) is 6.35. The maximum absolute atomic E-state index is 13.0. The second kappa shape index (κ2) is 7.74. The SMILES string of the molecule is COc1cccc(CS(=O)(=O)N2CCNCC2c2cccc(Cl)c2)c1. The molecule has 1 N–H and O–H groups in total. The van der Waals surface area contributed by atoms with Crippen LogP contribution in [-0.4, -0.2) is 39.5 Å². The number of halogens is 1. The summed E-state index contributed by atoms with van der Waals surface area (Å²) in [5, 5.41) is 3.87. The van der Waals surface area contributed by atoms with Crippen molar-refractivity contribution in [3.05, 3.63) is 64.7 Å². The number of nitrogens with zero attached hydrogens (tertiary/aromatic N) is 1. The average molecular weight is 381 g/mol. The normalized spacial score (nSPS) is 18.9. The molecule has 1 aliphatic heterocycles. The van der Waals surface area contributed by atoms with E-state index in [0.29, 0.717) is 36.0 Å². The van der Waals surface area contributed by atoms with E-state index in [-0.39, 0.29) is 11.8 Å². The van der Waals surface area contributed by atoms with Crippen LogP contribution >= 0.6 is 11.6 Å². The van der Waals surface area contributed by atoms with Gasteiger partial charge in [0.05, 0.1) is 18.9 Å². The lowest BCUT2D eigenvalue weighted by molar-refractivity contribution is 0.271. The lowest BCUT2D eigenvalue weighted by Gasteiger charge is -2.35. The van der Waals surface area contributed by atoms with Crippen molar-refractivity contribution in [2.75, 3.05) is 26.7 Å². The Morgan fingerprint density at radius 3 is 2.80 bits per heavy atom. The Hall–Kier alpha value is -1.60. The fraction of sp³-hybridized carbons (Fsp3) is 0.333. The van der Waals surface area contributed by atoms with Crippen molar-refractivity contribution in [2.24, 2.45) is 0 Å². The molecule has 0 aromatic heterocycles. The van der Waals surface area contributed by atoms with Gasteiger partial charge in [0.25, 0.3) is 0 Å². The molecule has 0 radical (unpaired) electrons. The van der Waals surface area contributed by atoms with Crippen LogP contribution in [0.4, 0.5) is 0 Å². The Kier molecular flexibility index (Phi) is 5.64. The fourth-order valence-corrected chi connectivity index (χ4v) is 4.99. The van der Waals surface area contributed by atoms with E-state index in [1.165, 1.54) is 0 Å². The number of sulfonamides is 1. The molecule has 1 saturated heterocycles. The van der Waals surface area contributed by atoms with E-state index >= 15 is 0 Å². The molecule has 3 rings (SSSR count). The van der Waals surface area contributed by atoms with Gasteiger partial charge in [-0.05, 0) is 35.4 Å². The van der Waals surface area contributed by atoms with Crippen molar-refractivity contribution in [3.63, 3.8) is 0 Å². The highest BCUT2D eigenvalue weighted by Gasteiger charge is 2.33. The molecule has 134 valence electrons. The van der Waals surface area contributed by atoms with Crippen molar-refractivity contribution in [1.29, 1.82) is 0 Å². The van der Waals surface area contributed by atoms with E-state index < -0.39 is 10.0 Å². The first-order chi connectivity index (χ1) is 12.0. The van der Waals surface area contributed by atoms with Gasteiger partial charge < -0.3 is 10.1 Å². The van der Waals surface area contributed by atoms with Crippen LogP contribution in [0.25, 0.3) is 0 Å². The summed E-state index contributed by atoms with van der Waals surface area (Å²) in [6.07, 6.45) is 0. The van der Waals surface area contributed by atoms with Gasteiger partial charge in [-0.25, -0.2) is 8.42 Å². The number of nitrogens with one attached hydrogen (secondary N) is 1. The molecule has 0 saturated carbocycles. The number of piperazine rings is 1. The molecule has 1 fully saturated rings. The minimum atomic E-state index is -3.48. The van der Waals surface area contributed by atoms with E-state index in [4.69, 9.17) is 16.3 Å². The van der Waals surface area contributed by atoms with Crippen LogP contribution in [0.5, 0.6) is 5.75 Å². The predicted octanol–water partition coefficient (Wildman–Crippen LogP) is 2.82. The molecule has 0 amide bonds. The third-order valence-electron chi connectivity index (χ3n) is 4.27. The van der Waals surface area contributed by atoms with Crippen molar-refractivity contribution in [1.82, 2.24) is 9.62 Å². The number of hydrogen-bond acceptors (Lipinski definition) is 4. The quantitative estimate of drug-likeness (QED) is 0.866. The van der Waals surface area contributed by atoms with Gasteiger partial charge in [-0.1, -0.05) is 35.9 Å². The molecule has 0 bridgehead atoms. The maximum Gasteiger partial charge on any atom is 0.218 e. The average Bonchev–Trinajstić information content (AvgIpc) is 2.61. The van der Waals surface area contributed by atoms with Crippen LogP contribution in [0, 0.1) is 0 Å². The van der Waals surface area contributed by atoms with Crippen LogP contribution in [0.15, 0.2) is 48.5 Å². The van der Waals surface area contributed by atoms with Crippen LogP contribution < -0.4 is 10.1 Å². The molecule has 7 heteroatoms. The van der Waals surface area contributed by atoms with Gasteiger partial charge in [0.15, 0.2) is 0 Å². The Balaban J connectivity index is 1.87. The lowest BCUT2D eigenvalue weighted by atomic mass is 10.1. The Morgan fingerprint density at radius 1 is 1.24 bits per heavy atom. The first-order valence-corrected chi connectivity index (χ1v) is 10.1. The van der Waals surface area contributed by atoms with Crippen molar-refractivity contribution < 1.29 is 13.2 Å². The second-order valence-electron chi connectivity index (χ2n) is 5.99. The zero-order valence-corrected chi connectivity index (χ0v) is 15.6. The standard InChI is InChI=1S/C18H21ClN2O3S/c1-24-17-7-2-4-14(10-17)13-25(22,23)21-9-8-20-12-18(21)15-5-3-6-16(19)11-15/h2-7,10-11,18,20H,8-9,12-13H2,1H3. The number of rotatable bonds is 5. The second-order valence-corrected chi connectivity index (χ2v) is 8.35. The Labute approximate surface area is 153 Å². The molecule has 1 aliphatic rings. The van der Waals surface area contributed by atoms with E-state index in [9.17, 15) is 8.42 Å². The molecule has 5 nitrogen and oxygen atoms in total. The highest BCUT2D eigenvalue weighted by Crippen LogP contribution is 2.29. The number of methoxy groups -OCH3 is 1. The summed E-state index contributed by atoms with van der Waals surface area (Å²) in [4.78, 5) is 0. The van der Waals surface area contributed by atoms with Gasteiger partial charge in [0.2, 0.25) is 10.0 Å². The van der Waals surface area contributed by atoms with Gasteiger partial charge in [0, 0.05) is 24.7 Å². The predicted molar refractivity (Wildman–Crippen MR) is 99.4 cm³/mol. The summed E-state index contributed by atoms with van der Waals surface area (Å²) >= 11 is 6.09. The fourth-order valence-electron chi connectivity index (χ4n) is 3.07. The Bertz CT molecular complexity index is 842. The van der Waals surface area contributed by atoms with Gasteiger partial charge >= 0.3 is 0 Å². The molecule has 2 aromatic carbocycles. The van der Waals surface area contributed by atoms with E-state index in [2.05, 4.69) is 5.32 Å². The van der Waals surface area contributed by atoms with Crippen LogP contribution in [0.3, 0.4) is 0 Å². The molecule has 2 aromatic rings. The highest BCUT2D eigenvalue weighted by atomic mass is 35.5. The molecule has 1 atom stereocenters. The van der Waals surface area contributed by atoms with Crippen LogP contribution in [0.1, 0.15) is 17.2 Å². The minimum Gasteiger partial charge on any atom is -0.497 e.